The second-order valence-corrected chi connectivity index (χ2v) is 4.23. The molecular formula is C15H12N4O. The molecule has 98 valence electrons. The molecule has 0 saturated heterocycles. The van der Waals surface area contributed by atoms with E-state index < -0.39 is 0 Å². The van der Waals surface area contributed by atoms with Crippen molar-refractivity contribution in [1.82, 2.24) is 9.97 Å². The summed E-state index contributed by atoms with van der Waals surface area (Å²) < 4.78 is 5.65. The third-order valence-corrected chi connectivity index (χ3v) is 2.84. The number of nitrogen functional groups attached to an aromatic ring is 1. The molecule has 0 bridgehead atoms. The molecule has 5 nitrogen and oxygen atoms in total. The molecule has 0 aliphatic carbocycles. The normalized spacial score (nSPS) is 10.4. The van der Waals surface area contributed by atoms with Crippen molar-refractivity contribution in [3.63, 3.8) is 0 Å². The van der Waals surface area contributed by atoms with Gasteiger partial charge in [0.15, 0.2) is 0 Å². The maximum Gasteiger partial charge on any atom is 0.220 e. The molecule has 0 atom stereocenters. The lowest BCUT2D eigenvalue weighted by molar-refractivity contribution is 0.463. The molecule has 0 radical (unpaired) electrons. The van der Waals surface area contributed by atoms with E-state index in [0.29, 0.717) is 17.2 Å². The molecule has 0 unspecified atom stereocenters. The lowest BCUT2D eigenvalue weighted by Gasteiger charge is -2.09. The van der Waals surface area contributed by atoms with E-state index in [1.54, 1.807) is 30.6 Å². The quantitative estimate of drug-likeness (QED) is 0.562. The smallest absolute Gasteiger partial charge is 0.220 e. The van der Waals surface area contributed by atoms with Crippen LogP contribution in [0, 0.1) is 5.41 Å². The predicted molar refractivity (Wildman–Crippen MR) is 77.1 cm³/mol. The topological polar surface area (TPSA) is 84.9 Å². The number of pyridine rings is 2. The summed E-state index contributed by atoms with van der Waals surface area (Å²) in [6.45, 7) is 0. The first kappa shape index (κ1) is 12.1. The number of para-hydroxylation sites is 1. The molecule has 1 aromatic carbocycles. The minimum Gasteiger partial charge on any atom is -0.437 e. The van der Waals surface area contributed by atoms with E-state index in [9.17, 15) is 0 Å². The van der Waals surface area contributed by atoms with Crippen LogP contribution in [-0.4, -0.2) is 15.8 Å². The Bertz CT molecular complexity index is 771. The van der Waals surface area contributed by atoms with E-state index in [2.05, 4.69) is 9.97 Å². The van der Waals surface area contributed by atoms with Crippen LogP contribution in [0.4, 0.5) is 0 Å². The number of ether oxygens (including phenoxy) is 1. The number of rotatable bonds is 3. The summed E-state index contributed by atoms with van der Waals surface area (Å²) in [5.41, 5.74) is 6.97. The summed E-state index contributed by atoms with van der Waals surface area (Å²) in [6.07, 6.45) is 3.27. The van der Waals surface area contributed by atoms with Crippen molar-refractivity contribution in [2.75, 3.05) is 0 Å². The number of aromatic nitrogens is 2. The molecule has 5 heteroatoms. The van der Waals surface area contributed by atoms with E-state index in [0.717, 1.165) is 10.9 Å². The van der Waals surface area contributed by atoms with Crippen molar-refractivity contribution >= 4 is 16.7 Å². The zero-order chi connectivity index (χ0) is 13.9. The first-order valence-corrected chi connectivity index (χ1v) is 6.06. The number of nitrogens with one attached hydrogen (secondary N) is 1. The summed E-state index contributed by atoms with van der Waals surface area (Å²) in [4.78, 5) is 8.39. The number of hydrogen-bond acceptors (Lipinski definition) is 4. The third-order valence-electron chi connectivity index (χ3n) is 2.84. The Balaban J connectivity index is 2.10. The van der Waals surface area contributed by atoms with Gasteiger partial charge in [-0.3, -0.25) is 10.4 Å². The van der Waals surface area contributed by atoms with Crippen molar-refractivity contribution in [3.8, 4) is 11.6 Å². The first-order chi connectivity index (χ1) is 9.74. The van der Waals surface area contributed by atoms with Gasteiger partial charge in [0.1, 0.15) is 11.6 Å². The highest BCUT2D eigenvalue weighted by molar-refractivity contribution is 6.06. The van der Waals surface area contributed by atoms with Crippen LogP contribution in [0.15, 0.2) is 54.9 Å². The monoisotopic (exact) mass is 264 g/mol. The third kappa shape index (κ3) is 2.29. The van der Waals surface area contributed by atoms with E-state index in [-0.39, 0.29) is 5.84 Å². The Hall–Kier alpha value is -2.95. The van der Waals surface area contributed by atoms with Gasteiger partial charge >= 0.3 is 0 Å². The van der Waals surface area contributed by atoms with E-state index in [1.165, 1.54) is 0 Å². The SMILES string of the molecule is N=C(N)c1cc(Oc2cccnc2)nc2ccccc12. The van der Waals surface area contributed by atoms with Crippen LogP contribution < -0.4 is 10.5 Å². The van der Waals surface area contributed by atoms with Gasteiger partial charge in [-0.15, -0.1) is 0 Å². The van der Waals surface area contributed by atoms with Crippen LogP contribution in [0.25, 0.3) is 10.9 Å². The van der Waals surface area contributed by atoms with Crippen LogP contribution in [0.3, 0.4) is 0 Å². The molecule has 3 aromatic rings. The summed E-state index contributed by atoms with van der Waals surface area (Å²) in [5, 5.41) is 8.51. The number of nitrogens with two attached hydrogens (primary N) is 1. The number of fused-ring (bicyclic) bond motifs is 1. The zero-order valence-corrected chi connectivity index (χ0v) is 10.6. The highest BCUT2D eigenvalue weighted by atomic mass is 16.5. The maximum absolute atomic E-state index is 7.68. The van der Waals surface area contributed by atoms with Crippen LogP contribution in [0.1, 0.15) is 5.56 Å². The Labute approximate surface area is 115 Å². The van der Waals surface area contributed by atoms with E-state index >= 15 is 0 Å². The van der Waals surface area contributed by atoms with Crippen molar-refractivity contribution in [2.24, 2.45) is 5.73 Å². The van der Waals surface area contributed by atoms with Crippen LogP contribution in [0.2, 0.25) is 0 Å². The molecule has 2 aromatic heterocycles. The van der Waals surface area contributed by atoms with Gasteiger partial charge < -0.3 is 10.5 Å². The molecule has 2 heterocycles. The van der Waals surface area contributed by atoms with Gasteiger partial charge in [0.05, 0.1) is 11.7 Å². The lowest BCUT2D eigenvalue weighted by atomic mass is 10.1. The minimum absolute atomic E-state index is 0.0142. The summed E-state index contributed by atoms with van der Waals surface area (Å²) in [6, 6.07) is 12.7. The fraction of sp³-hybridized carbons (Fsp3) is 0. The molecule has 3 N–H and O–H groups in total. The van der Waals surface area contributed by atoms with Gasteiger partial charge in [-0.25, -0.2) is 4.98 Å². The highest BCUT2D eigenvalue weighted by Crippen LogP contribution is 2.25. The van der Waals surface area contributed by atoms with Crippen LogP contribution in [-0.2, 0) is 0 Å². The lowest BCUT2D eigenvalue weighted by Crippen LogP contribution is -2.12. The minimum atomic E-state index is -0.0142. The Morgan fingerprint density at radius 2 is 2.00 bits per heavy atom. The van der Waals surface area contributed by atoms with Gasteiger partial charge in [0.25, 0.3) is 0 Å². The molecular weight excluding hydrogens is 252 g/mol. The Kier molecular flexibility index (Phi) is 3.01. The van der Waals surface area contributed by atoms with Crippen LogP contribution >= 0.6 is 0 Å². The van der Waals surface area contributed by atoms with Crippen molar-refractivity contribution < 1.29 is 4.74 Å². The average Bonchev–Trinajstić information content (AvgIpc) is 2.47. The Morgan fingerprint density at radius 1 is 1.15 bits per heavy atom. The fourth-order valence-corrected chi connectivity index (χ4v) is 1.95. The molecule has 0 fully saturated rings. The van der Waals surface area contributed by atoms with Gasteiger partial charge in [0, 0.05) is 23.2 Å². The number of amidine groups is 1. The van der Waals surface area contributed by atoms with Crippen molar-refractivity contribution in [1.29, 1.82) is 5.41 Å². The molecule has 0 saturated carbocycles. The predicted octanol–water partition coefficient (Wildman–Crippen LogP) is 2.71. The standard InChI is InChI=1S/C15H12N4O/c16-15(17)12-8-14(20-10-4-3-7-18-9-10)19-13-6-2-1-5-11(12)13/h1-9H,(H3,16,17). The fourth-order valence-electron chi connectivity index (χ4n) is 1.95. The Morgan fingerprint density at radius 3 is 2.75 bits per heavy atom. The second-order valence-electron chi connectivity index (χ2n) is 4.23. The second kappa shape index (κ2) is 4.97. The first-order valence-electron chi connectivity index (χ1n) is 6.06. The number of hydrogen-bond donors (Lipinski definition) is 2. The number of benzene rings is 1. The molecule has 0 aliphatic heterocycles. The largest absolute Gasteiger partial charge is 0.437 e. The highest BCUT2D eigenvalue weighted by Gasteiger charge is 2.09. The van der Waals surface area contributed by atoms with Gasteiger partial charge in [0.2, 0.25) is 5.88 Å². The molecule has 0 spiro atoms. The molecule has 0 aliphatic rings. The van der Waals surface area contributed by atoms with Crippen molar-refractivity contribution in [2.45, 2.75) is 0 Å². The summed E-state index contributed by atoms with van der Waals surface area (Å²) in [7, 11) is 0. The molecule has 20 heavy (non-hydrogen) atoms. The van der Waals surface area contributed by atoms with Gasteiger partial charge in [-0.1, -0.05) is 18.2 Å². The summed E-state index contributed by atoms with van der Waals surface area (Å²) in [5.74, 6) is 0.964. The number of nitrogens with zero attached hydrogens (tertiary/aromatic N) is 2. The van der Waals surface area contributed by atoms with E-state index in [4.69, 9.17) is 15.9 Å². The summed E-state index contributed by atoms with van der Waals surface area (Å²) >= 11 is 0. The van der Waals surface area contributed by atoms with Gasteiger partial charge in [-0.05, 0) is 18.2 Å². The maximum atomic E-state index is 7.68. The molecule has 3 rings (SSSR count). The van der Waals surface area contributed by atoms with Gasteiger partial charge in [-0.2, -0.15) is 0 Å². The van der Waals surface area contributed by atoms with E-state index in [1.807, 2.05) is 24.3 Å². The average molecular weight is 264 g/mol. The van der Waals surface area contributed by atoms with Crippen molar-refractivity contribution in [3.05, 3.63) is 60.4 Å². The van der Waals surface area contributed by atoms with Crippen LogP contribution in [0.5, 0.6) is 11.6 Å². The zero-order valence-electron chi connectivity index (χ0n) is 10.6. The molecule has 0 amide bonds.